The number of primary amides is 1. The molecule has 1 unspecified atom stereocenters. The van der Waals surface area contributed by atoms with E-state index in [9.17, 15) is 39.6 Å². The van der Waals surface area contributed by atoms with E-state index in [1.807, 2.05) is 25.1 Å². The molecule has 30 heavy (non-hydrogen) atoms. The molecular weight excluding hydrogens is 446 g/mol. The lowest BCUT2D eigenvalue weighted by Crippen LogP contribution is -2.38. The van der Waals surface area contributed by atoms with Gasteiger partial charge < -0.3 is 10.8 Å². The lowest BCUT2D eigenvalue weighted by atomic mass is 9.94. The molecule has 7 nitrogen and oxygen atoms in total. The highest BCUT2D eigenvalue weighted by atomic mass is 32.2. The van der Waals surface area contributed by atoms with E-state index in [2.05, 4.69) is 0 Å². The van der Waals surface area contributed by atoms with Crippen LogP contribution in [-0.4, -0.2) is 43.6 Å². The second kappa shape index (κ2) is 11.2. The maximum atomic E-state index is 12.2. The number of aryl methyl sites for hydroxylation is 1. The quantitative estimate of drug-likeness (QED) is 0.507. The first-order valence-corrected chi connectivity index (χ1v) is 9.72. The van der Waals surface area contributed by atoms with Gasteiger partial charge in [-0.15, -0.1) is 0 Å². The maximum absolute atomic E-state index is 12.2. The number of alkyl halides is 6. The van der Waals surface area contributed by atoms with Crippen LogP contribution in [0.3, 0.4) is 0 Å². The number of hydrogen-bond donors (Lipinski definition) is 3. The Morgan fingerprint density at radius 1 is 1.13 bits per heavy atom. The van der Waals surface area contributed by atoms with Gasteiger partial charge in [0, 0.05) is 12.5 Å². The minimum atomic E-state index is -5.40. The molecule has 1 aromatic carbocycles. The minimum absolute atomic E-state index is 0.110. The van der Waals surface area contributed by atoms with Gasteiger partial charge >= 0.3 is 27.7 Å². The Bertz CT molecular complexity index is 824. The third kappa shape index (κ3) is 9.91. The second-order valence-corrected chi connectivity index (χ2v) is 7.67. The van der Waals surface area contributed by atoms with Gasteiger partial charge in [0.05, 0.1) is 0 Å². The summed E-state index contributed by atoms with van der Waals surface area (Å²) in [6.07, 6.45) is -4.14. The van der Waals surface area contributed by atoms with E-state index in [0.29, 0.717) is 0 Å². The van der Waals surface area contributed by atoms with Crippen LogP contribution in [0.5, 0.6) is 0 Å². The Morgan fingerprint density at radius 3 is 2.03 bits per heavy atom. The van der Waals surface area contributed by atoms with E-state index in [-0.39, 0.29) is 12.8 Å². The summed E-state index contributed by atoms with van der Waals surface area (Å²) in [7, 11) is -5.40. The number of carboxylic acid groups (broad SMARTS) is 1. The van der Waals surface area contributed by atoms with Crippen molar-refractivity contribution in [3.8, 4) is 0 Å². The van der Waals surface area contributed by atoms with Crippen LogP contribution in [0, 0.1) is 5.92 Å². The molecule has 0 radical (unpaired) electrons. The second-order valence-electron chi connectivity index (χ2n) is 5.91. The van der Waals surface area contributed by atoms with Crippen molar-refractivity contribution >= 4 is 21.9 Å². The molecule has 0 aliphatic rings. The topological polar surface area (TPSA) is 127 Å². The molecule has 1 aromatic rings. The Kier molecular flexibility index (Phi) is 10.3. The van der Waals surface area contributed by atoms with Gasteiger partial charge in [-0.05, 0) is 30.4 Å². The van der Waals surface area contributed by atoms with Crippen LogP contribution >= 0.6 is 0 Å². The zero-order chi connectivity index (χ0) is 23.8. The fourth-order valence-corrected chi connectivity index (χ4v) is 2.61. The molecule has 0 bridgehead atoms. The number of amides is 1. The van der Waals surface area contributed by atoms with Gasteiger partial charge in [-0.25, -0.2) is 17.9 Å². The lowest BCUT2D eigenvalue weighted by molar-refractivity contribution is -0.192. The van der Waals surface area contributed by atoms with Gasteiger partial charge in [-0.3, -0.25) is 4.79 Å². The molecule has 4 N–H and O–H groups in total. The molecule has 0 fully saturated rings. The Balaban J connectivity index is 0.00000103. The number of carbonyl (C=O) groups excluding carboxylic acids is 1. The van der Waals surface area contributed by atoms with Gasteiger partial charge in [0.15, 0.2) is 0 Å². The molecular formula is C16H20F6N2O5S. The Labute approximate surface area is 168 Å². The number of sulfonamides is 1. The zero-order valence-electron chi connectivity index (χ0n) is 15.5. The van der Waals surface area contributed by atoms with E-state index >= 15 is 0 Å². The van der Waals surface area contributed by atoms with Crippen molar-refractivity contribution in [2.75, 3.05) is 6.54 Å². The number of nitrogens with one attached hydrogen (secondary N) is 1. The summed E-state index contributed by atoms with van der Waals surface area (Å²) in [5.41, 5.74) is 1.77. The third-order valence-electron chi connectivity index (χ3n) is 3.62. The van der Waals surface area contributed by atoms with E-state index in [0.717, 1.165) is 17.5 Å². The van der Waals surface area contributed by atoms with Crippen LogP contribution in [0.2, 0.25) is 0 Å². The van der Waals surface area contributed by atoms with Crippen molar-refractivity contribution in [1.29, 1.82) is 0 Å². The smallest absolute Gasteiger partial charge is 0.475 e. The van der Waals surface area contributed by atoms with Crippen molar-refractivity contribution in [2.45, 2.75) is 37.9 Å². The van der Waals surface area contributed by atoms with Crippen LogP contribution < -0.4 is 10.5 Å². The standard InChI is InChI=1S/C14H19F3N2O3S.C2HF3O2/c1-2-10-4-3-5-11(8-10)9-12(13(18)20)6-7-19-23(21,22)14(15,16)17;3-2(4,5)1(6)7/h3-5,8,12,19H,2,6-7,9H2,1H3,(H2,18,20);(H,6,7). The zero-order valence-corrected chi connectivity index (χ0v) is 16.4. The predicted molar refractivity (Wildman–Crippen MR) is 93.5 cm³/mol. The molecule has 14 heteroatoms. The first-order chi connectivity index (χ1) is 13.5. The molecule has 1 amide bonds. The minimum Gasteiger partial charge on any atom is -0.475 e. The average Bonchev–Trinajstić information content (AvgIpc) is 2.59. The highest BCUT2D eigenvalue weighted by Gasteiger charge is 2.45. The first kappa shape index (κ1) is 27.6. The number of halogens is 6. The Hall–Kier alpha value is -2.35. The molecule has 1 atom stereocenters. The van der Waals surface area contributed by atoms with Crippen LogP contribution in [0.4, 0.5) is 26.3 Å². The van der Waals surface area contributed by atoms with Crippen molar-refractivity contribution in [2.24, 2.45) is 11.7 Å². The predicted octanol–water partition coefficient (Wildman–Crippen LogP) is 2.36. The monoisotopic (exact) mass is 466 g/mol. The largest absolute Gasteiger partial charge is 0.511 e. The number of hydrogen-bond acceptors (Lipinski definition) is 4. The number of carboxylic acids is 1. The fourth-order valence-electron chi connectivity index (χ4n) is 2.06. The van der Waals surface area contributed by atoms with Crippen molar-refractivity contribution < 1.29 is 49.5 Å². The highest BCUT2D eigenvalue weighted by Crippen LogP contribution is 2.22. The summed E-state index contributed by atoms with van der Waals surface area (Å²) in [5.74, 6) is -4.19. The molecule has 0 spiro atoms. The van der Waals surface area contributed by atoms with E-state index < -0.39 is 46.0 Å². The van der Waals surface area contributed by atoms with Gasteiger partial charge in [0.2, 0.25) is 5.91 Å². The van der Waals surface area contributed by atoms with E-state index in [1.54, 1.807) is 6.07 Å². The van der Waals surface area contributed by atoms with Crippen LogP contribution in [-0.2, 0) is 32.5 Å². The van der Waals surface area contributed by atoms with Crippen LogP contribution in [0.1, 0.15) is 24.5 Å². The maximum Gasteiger partial charge on any atom is 0.511 e. The molecule has 0 saturated carbocycles. The first-order valence-electron chi connectivity index (χ1n) is 8.24. The summed E-state index contributed by atoms with van der Waals surface area (Å²) in [6.45, 7) is 1.46. The SMILES string of the molecule is CCc1cccc(CC(CCNS(=O)(=O)C(F)(F)F)C(N)=O)c1.O=C(O)C(F)(F)F. The third-order valence-corrected chi connectivity index (χ3v) is 4.81. The normalized spacial score (nSPS) is 13.2. The summed E-state index contributed by atoms with van der Waals surface area (Å²) < 4.78 is 91.6. The fraction of sp³-hybridized carbons (Fsp3) is 0.500. The van der Waals surface area contributed by atoms with E-state index in [1.165, 1.54) is 4.72 Å². The number of nitrogens with two attached hydrogens (primary N) is 1. The van der Waals surface area contributed by atoms with Gasteiger partial charge in [0.1, 0.15) is 0 Å². The van der Waals surface area contributed by atoms with Gasteiger partial charge in [0.25, 0.3) is 0 Å². The number of aliphatic carboxylic acids is 1. The van der Waals surface area contributed by atoms with Crippen molar-refractivity contribution in [1.82, 2.24) is 4.72 Å². The summed E-state index contributed by atoms with van der Waals surface area (Å²) >= 11 is 0. The van der Waals surface area contributed by atoms with Crippen LogP contribution in [0.25, 0.3) is 0 Å². The van der Waals surface area contributed by atoms with Crippen molar-refractivity contribution in [3.05, 3.63) is 35.4 Å². The summed E-state index contributed by atoms with van der Waals surface area (Å²) in [4.78, 5) is 20.3. The molecule has 1 rings (SSSR count). The molecule has 0 aromatic heterocycles. The average molecular weight is 466 g/mol. The number of rotatable bonds is 8. The van der Waals surface area contributed by atoms with Gasteiger partial charge in [-0.1, -0.05) is 31.2 Å². The van der Waals surface area contributed by atoms with Crippen molar-refractivity contribution in [3.63, 3.8) is 0 Å². The summed E-state index contributed by atoms with van der Waals surface area (Å²) in [6, 6.07) is 7.41. The molecule has 0 heterocycles. The summed E-state index contributed by atoms with van der Waals surface area (Å²) in [5, 5.41) is 7.12. The molecule has 0 saturated heterocycles. The van der Waals surface area contributed by atoms with Gasteiger partial charge in [-0.2, -0.15) is 26.3 Å². The molecule has 172 valence electrons. The number of carbonyl (C=O) groups is 2. The molecule has 0 aliphatic carbocycles. The molecule has 0 aliphatic heterocycles. The van der Waals surface area contributed by atoms with Crippen LogP contribution in [0.15, 0.2) is 24.3 Å². The Morgan fingerprint density at radius 2 is 1.63 bits per heavy atom. The van der Waals surface area contributed by atoms with E-state index in [4.69, 9.17) is 15.6 Å². The lowest BCUT2D eigenvalue weighted by Gasteiger charge is -2.15. The highest BCUT2D eigenvalue weighted by molar-refractivity contribution is 7.90. The number of benzene rings is 1.